The molecule has 4 nitrogen and oxygen atoms in total. The van der Waals surface area contributed by atoms with E-state index in [1.54, 1.807) is 18.2 Å². The van der Waals surface area contributed by atoms with Crippen LogP contribution >= 0.6 is 11.6 Å². The molecular formula is C18H18ClN3O. The third-order valence-corrected chi connectivity index (χ3v) is 3.93. The average molecular weight is 328 g/mol. The Kier molecular flexibility index (Phi) is 4.35. The van der Waals surface area contributed by atoms with Gasteiger partial charge in [0.1, 0.15) is 5.75 Å². The molecule has 23 heavy (non-hydrogen) atoms. The molecule has 0 spiro atoms. The minimum Gasteiger partial charge on any atom is -0.507 e. The fourth-order valence-corrected chi connectivity index (χ4v) is 2.77. The second-order valence-electron chi connectivity index (χ2n) is 5.41. The number of imidazole rings is 1. The first-order chi connectivity index (χ1) is 11.1. The molecular weight excluding hydrogens is 310 g/mol. The first-order valence-electron chi connectivity index (χ1n) is 7.59. The summed E-state index contributed by atoms with van der Waals surface area (Å²) in [6, 6.07) is 12.9. The predicted octanol–water partition coefficient (Wildman–Crippen LogP) is 4.95. The van der Waals surface area contributed by atoms with Gasteiger partial charge in [-0.05, 0) is 43.7 Å². The molecule has 0 radical (unpaired) electrons. The van der Waals surface area contributed by atoms with Crippen molar-refractivity contribution in [2.24, 2.45) is 4.99 Å². The number of hydrogen-bond acceptors (Lipinski definition) is 3. The largest absolute Gasteiger partial charge is 0.507 e. The molecule has 0 fully saturated rings. The van der Waals surface area contributed by atoms with Crippen molar-refractivity contribution in [1.29, 1.82) is 0 Å². The first-order valence-corrected chi connectivity index (χ1v) is 7.97. The maximum atomic E-state index is 10.0. The lowest BCUT2D eigenvalue weighted by Gasteiger charge is -2.07. The summed E-state index contributed by atoms with van der Waals surface area (Å²) in [7, 11) is 0. The highest BCUT2D eigenvalue weighted by molar-refractivity contribution is 6.31. The lowest BCUT2D eigenvalue weighted by atomic mass is 10.1. The topological polar surface area (TPSA) is 50.4 Å². The molecule has 1 aromatic heterocycles. The minimum absolute atomic E-state index is 0.161. The molecule has 0 saturated heterocycles. The summed E-state index contributed by atoms with van der Waals surface area (Å²) in [4.78, 5) is 9.25. The van der Waals surface area contributed by atoms with Gasteiger partial charge in [-0.25, -0.2) is 9.98 Å². The van der Waals surface area contributed by atoms with E-state index in [2.05, 4.69) is 21.5 Å². The SMILES string of the molecule is CCCn1c(N=C(C)c2cc(Cl)ccc2O)nc2ccccc21. The maximum absolute atomic E-state index is 10.0. The molecule has 0 aliphatic carbocycles. The Hall–Kier alpha value is -2.33. The Labute approximate surface area is 140 Å². The van der Waals surface area contributed by atoms with Crippen molar-refractivity contribution in [2.75, 3.05) is 0 Å². The Morgan fingerprint density at radius 3 is 2.83 bits per heavy atom. The van der Waals surface area contributed by atoms with Gasteiger partial charge in [-0.1, -0.05) is 30.7 Å². The molecule has 1 N–H and O–H groups in total. The summed E-state index contributed by atoms with van der Waals surface area (Å²) in [6.45, 7) is 4.81. The van der Waals surface area contributed by atoms with Crippen molar-refractivity contribution in [1.82, 2.24) is 9.55 Å². The van der Waals surface area contributed by atoms with E-state index in [1.807, 2.05) is 31.2 Å². The monoisotopic (exact) mass is 327 g/mol. The summed E-state index contributed by atoms with van der Waals surface area (Å²) in [6.07, 6.45) is 0.990. The van der Waals surface area contributed by atoms with E-state index in [9.17, 15) is 5.11 Å². The maximum Gasteiger partial charge on any atom is 0.230 e. The number of fused-ring (bicyclic) bond motifs is 1. The molecule has 0 amide bonds. The van der Waals surface area contributed by atoms with E-state index in [0.29, 0.717) is 22.2 Å². The van der Waals surface area contributed by atoms with Crippen LogP contribution in [0.5, 0.6) is 5.75 Å². The van der Waals surface area contributed by atoms with Gasteiger partial charge in [-0.3, -0.25) is 0 Å². The molecule has 0 saturated carbocycles. The summed E-state index contributed by atoms with van der Waals surface area (Å²) >= 11 is 6.02. The van der Waals surface area contributed by atoms with Crippen LogP contribution in [0.3, 0.4) is 0 Å². The number of aliphatic imine (C=N–C) groups is 1. The van der Waals surface area contributed by atoms with Crippen LogP contribution in [0.25, 0.3) is 11.0 Å². The predicted molar refractivity (Wildman–Crippen MR) is 95.0 cm³/mol. The van der Waals surface area contributed by atoms with Crippen LogP contribution in [0.15, 0.2) is 47.5 Å². The number of aromatic hydroxyl groups is 1. The lowest BCUT2D eigenvalue weighted by Crippen LogP contribution is -1.99. The quantitative estimate of drug-likeness (QED) is 0.689. The zero-order valence-electron chi connectivity index (χ0n) is 13.1. The molecule has 118 valence electrons. The van der Waals surface area contributed by atoms with E-state index in [-0.39, 0.29) is 5.75 Å². The van der Waals surface area contributed by atoms with Crippen molar-refractivity contribution in [3.05, 3.63) is 53.1 Å². The highest BCUT2D eigenvalue weighted by Crippen LogP contribution is 2.26. The Morgan fingerprint density at radius 2 is 2.04 bits per heavy atom. The second kappa shape index (κ2) is 6.42. The molecule has 0 aliphatic rings. The van der Waals surface area contributed by atoms with E-state index in [0.717, 1.165) is 24.0 Å². The number of aryl methyl sites for hydroxylation is 1. The fourth-order valence-electron chi connectivity index (χ4n) is 2.60. The molecule has 5 heteroatoms. The molecule has 1 heterocycles. The summed E-state index contributed by atoms with van der Waals surface area (Å²) in [5.74, 6) is 0.804. The van der Waals surface area contributed by atoms with Crippen LogP contribution in [0.2, 0.25) is 5.02 Å². The summed E-state index contributed by atoms with van der Waals surface area (Å²) in [5.41, 5.74) is 3.28. The molecule has 3 rings (SSSR count). The van der Waals surface area contributed by atoms with Crippen LogP contribution in [-0.2, 0) is 6.54 Å². The van der Waals surface area contributed by atoms with E-state index >= 15 is 0 Å². The highest BCUT2D eigenvalue weighted by Gasteiger charge is 2.11. The minimum atomic E-state index is 0.161. The van der Waals surface area contributed by atoms with Crippen LogP contribution < -0.4 is 0 Å². The number of nitrogens with zero attached hydrogens (tertiary/aromatic N) is 3. The normalized spacial score (nSPS) is 12.0. The summed E-state index contributed by atoms with van der Waals surface area (Å²) < 4.78 is 2.10. The third-order valence-electron chi connectivity index (χ3n) is 3.70. The van der Waals surface area contributed by atoms with Gasteiger partial charge in [0.05, 0.1) is 16.7 Å². The molecule has 0 aliphatic heterocycles. The van der Waals surface area contributed by atoms with Gasteiger partial charge in [0.25, 0.3) is 0 Å². The molecule has 0 bridgehead atoms. The zero-order chi connectivity index (χ0) is 16.4. The first kappa shape index (κ1) is 15.6. The standard InChI is InChI=1S/C18H18ClN3O/c1-3-10-22-16-7-5-4-6-15(16)21-18(22)20-12(2)14-11-13(19)8-9-17(14)23/h4-9,11,23H,3,10H2,1-2H3. The van der Waals surface area contributed by atoms with Gasteiger partial charge >= 0.3 is 0 Å². The fraction of sp³-hybridized carbons (Fsp3) is 0.222. The number of rotatable bonds is 4. The lowest BCUT2D eigenvalue weighted by molar-refractivity contribution is 0.474. The number of phenolic OH excluding ortho intramolecular Hbond substituents is 1. The van der Waals surface area contributed by atoms with Crippen molar-refractivity contribution in [3.8, 4) is 5.75 Å². The van der Waals surface area contributed by atoms with Gasteiger partial charge in [0, 0.05) is 17.1 Å². The number of hydrogen-bond donors (Lipinski definition) is 1. The van der Waals surface area contributed by atoms with E-state index in [4.69, 9.17) is 11.6 Å². The number of phenols is 1. The molecule has 0 unspecified atom stereocenters. The van der Waals surface area contributed by atoms with Crippen molar-refractivity contribution in [2.45, 2.75) is 26.8 Å². The number of halogens is 1. The molecule has 3 aromatic rings. The second-order valence-corrected chi connectivity index (χ2v) is 5.85. The summed E-state index contributed by atoms with van der Waals surface area (Å²) in [5, 5.41) is 10.6. The number of aromatic nitrogens is 2. The van der Waals surface area contributed by atoms with Crippen molar-refractivity contribution < 1.29 is 5.11 Å². The number of benzene rings is 2. The smallest absolute Gasteiger partial charge is 0.230 e. The highest BCUT2D eigenvalue weighted by atomic mass is 35.5. The van der Waals surface area contributed by atoms with Gasteiger partial charge in [-0.2, -0.15) is 0 Å². The van der Waals surface area contributed by atoms with Crippen LogP contribution in [-0.4, -0.2) is 20.4 Å². The number of para-hydroxylation sites is 2. The Bertz CT molecular complexity index is 883. The molecule has 2 aromatic carbocycles. The van der Waals surface area contributed by atoms with Crippen molar-refractivity contribution >= 4 is 34.3 Å². The average Bonchev–Trinajstić information content (AvgIpc) is 2.88. The van der Waals surface area contributed by atoms with Gasteiger partial charge in [0.2, 0.25) is 5.95 Å². The van der Waals surface area contributed by atoms with Crippen molar-refractivity contribution in [3.63, 3.8) is 0 Å². The van der Waals surface area contributed by atoms with E-state index in [1.165, 1.54) is 0 Å². The van der Waals surface area contributed by atoms with Crippen LogP contribution in [0.1, 0.15) is 25.8 Å². The Morgan fingerprint density at radius 1 is 1.26 bits per heavy atom. The van der Waals surface area contributed by atoms with E-state index < -0.39 is 0 Å². The van der Waals surface area contributed by atoms with Gasteiger partial charge in [0.15, 0.2) is 0 Å². The zero-order valence-corrected chi connectivity index (χ0v) is 13.9. The Balaban J connectivity index is 2.12. The third kappa shape index (κ3) is 3.08. The van der Waals surface area contributed by atoms with Gasteiger partial charge < -0.3 is 9.67 Å². The van der Waals surface area contributed by atoms with Crippen LogP contribution in [0.4, 0.5) is 5.95 Å². The van der Waals surface area contributed by atoms with Gasteiger partial charge in [-0.15, -0.1) is 0 Å². The van der Waals surface area contributed by atoms with Crippen LogP contribution in [0, 0.1) is 0 Å². The molecule has 0 atom stereocenters.